The van der Waals surface area contributed by atoms with E-state index in [1.807, 2.05) is 13.8 Å². The van der Waals surface area contributed by atoms with Crippen LogP contribution in [-0.4, -0.2) is 42.9 Å². The minimum Gasteiger partial charge on any atom is -0.353 e. The zero-order valence-electron chi connectivity index (χ0n) is 9.44. The van der Waals surface area contributed by atoms with E-state index in [1.165, 1.54) is 0 Å². The molecule has 2 atom stereocenters. The molecule has 0 bridgehead atoms. The second-order valence-corrected chi connectivity index (χ2v) is 3.57. The molecule has 0 aromatic carbocycles. The Balaban J connectivity index is 2.34. The van der Waals surface area contributed by atoms with Gasteiger partial charge in [-0.25, -0.2) is 0 Å². The van der Waals surface area contributed by atoms with Crippen molar-refractivity contribution >= 4 is 5.91 Å². The van der Waals surface area contributed by atoms with Gasteiger partial charge in [0.15, 0.2) is 6.29 Å². The third-order valence-electron chi connectivity index (χ3n) is 2.31. The molecule has 1 fully saturated rings. The Bertz CT molecular complexity index is 230. The van der Waals surface area contributed by atoms with E-state index in [1.54, 1.807) is 11.0 Å². The lowest BCUT2D eigenvalue weighted by Gasteiger charge is -2.18. The van der Waals surface area contributed by atoms with Gasteiger partial charge in [0.2, 0.25) is 5.91 Å². The molecule has 0 radical (unpaired) electrons. The Labute approximate surface area is 90.8 Å². The maximum Gasteiger partial charge on any atom is 0.225 e. The van der Waals surface area contributed by atoms with Crippen LogP contribution in [0.4, 0.5) is 0 Å². The van der Waals surface area contributed by atoms with Gasteiger partial charge in [0.1, 0.15) is 0 Å². The molecule has 1 aliphatic heterocycles. The molecular formula is C11H19NO3. The lowest BCUT2D eigenvalue weighted by Crippen LogP contribution is -2.28. The predicted molar refractivity (Wildman–Crippen MR) is 57.4 cm³/mol. The molecule has 0 aromatic heterocycles. The van der Waals surface area contributed by atoms with E-state index in [4.69, 9.17) is 9.47 Å². The number of rotatable bonds is 6. The quantitative estimate of drug-likeness (QED) is 0.491. The van der Waals surface area contributed by atoms with Gasteiger partial charge >= 0.3 is 0 Å². The fourth-order valence-electron chi connectivity index (χ4n) is 1.70. The van der Waals surface area contributed by atoms with Crippen molar-refractivity contribution in [1.82, 2.24) is 4.90 Å². The Morgan fingerprint density at radius 2 is 2.47 bits per heavy atom. The molecule has 1 heterocycles. The van der Waals surface area contributed by atoms with Gasteiger partial charge in [0.05, 0.1) is 12.5 Å². The van der Waals surface area contributed by atoms with Crippen LogP contribution in [0, 0.1) is 0 Å². The summed E-state index contributed by atoms with van der Waals surface area (Å²) in [7, 11) is 0. The molecule has 0 N–H and O–H groups in total. The summed E-state index contributed by atoms with van der Waals surface area (Å²) in [5.41, 5.74) is 0. The average molecular weight is 213 g/mol. The highest BCUT2D eigenvalue weighted by Gasteiger charge is 2.30. The molecule has 86 valence electrons. The van der Waals surface area contributed by atoms with Crippen LogP contribution in [0.5, 0.6) is 0 Å². The van der Waals surface area contributed by atoms with Crippen LogP contribution in [0.25, 0.3) is 0 Å². The van der Waals surface area contributed by atoms with Gasteiger partial charge in [0.25, 0.3) is 0 Å². The summed E-state index contributed by atoms with van der Waals surface area (Å²) in [5, 5.41) is 0. The van der Waals surface area contributed by atoms with Crippen LogP contribution in [0.3, 0.4) is 0 Å². The number of carbonyl (C=O) groups is 1. The topological polar surface area (TPSA) is 38.8 Å². The maximum absolute atomic E-state index is 11.5. The molecule has 0 saturated carbocycles. The summed E-state index contributed by atoms with van der Waals surface area (Å²) in [6.45, 7) is 9.25. The molecule has 1 aliphatic rings. The van der Waals surface area contributed by atoms with Crippen LogP contribution in [0.2, 0.25) is 0 Å². The summed E-state index contributed by atoms with van der Waals surface area (Å²) in [4.78, 5) is 13.2. The molecule has 1 unspecified atom stereocenters. The maximum atomic E-state index is 11.5. The van der Waals surface area contributed by atoms with E-state index in [-0.39, 0.29) is 18.3 Å². The first kappa shape index (κ1) is 12.2. The lowest BCUT2D eigenvalue weighted by atomic mass is 10.3. The summed E-state index contributed by atoms with van der Waals surface area (Å²) in [5.74, 6) is 0.128. The highest BCUT2D eigenvalue weighted by Crippen LogP contribution is 2.15. The minimum absolute atomic E-state index is 0.0426. The third-order valence-corrected chi connectivity index (χ3v) is 2.31. The Kier molecular flexibility index (Phi) is 4.78. The second-order valence-electron chi connectivity index (χ2n) is 3.57. The van der Waals surface area contributed by atoms with Gasteiger partial charge in [-0.15, -0.1) is 6.58 Å². The van der Waals surface area contributed by atoms with Crippen molar-refractivity contribution in [2.75, 3.05) is 19.7 Å². The summed E-state index contributed by atoms with van der Waals surface area (Å²) in [6, 6.07) is 0. The number of carbonyl (C=O) groups excluding carboxylic acids is 1. The van der Waals surface area contributed by atoms with Crippen molar-refractivity contribution in [3.05, 3.63) is 12.7 Å². The number of hydrogen-bond donors (Lipinski definition) is 0. The van der Waals surface area contributed by atoms with Crippen molar-refractivity contribution in [1.29, 1.82) is 0 Å². The summed E-state index contributed by atoms with van der Waals surface area (Å²) >= 11 is 0. The normalized spacial score (nSPS) is 23.2. The fourth-order valence-corrected chi connectivity index (χ4v) is 1.70. The minimum atomic E-state index is -0.239. The van der Waals surface area contributed by atoms with Crippen molar-refractivity contribution in [3.8, 4) is 0 Å². The Hall–Kier alpha value is -0.870. The average Bonchev–Trinajstić information content (AvgIpc) is 2.48. The van der Waals surface area contributed by atoms with Gasteiger partial charge in [-0.1, -0.05) is 6.08 Å². The lowest BCUT2D eigenvalue weighted by molar-refractivity contribution is -0.154. The van der Waals surface area contributed by atoms with E-state index in [9.17, 15) is 4.79 Å². The van der Waals surface area contributed by atoms with Crippen LogP contribution in [-0.2, 0) is 14.3 Å². The van der Waals surface area contributed by atoms with Gasteiger partial charge in [-0.3, -0.25) is 4.79 Å². The molecule has 1 rings (SSSR count). The first-order chi connectivity index (χ1) is 7.17. The van der Waals surface area contributed by atoms with E-state index < -0.39 is 0 Å². The van der Waals surface area contributed by atoms with Crippen molar-refractivity contribution in [2.45, 2.75) is 32.7 Å². The Morgan fingerprint density at radius 1 is 1.73 bits per heavy atom. The van der Waals surface area contributed by atoms with E-state index >= 15 is 0 Å². The molecule has 1 amide bonds. The number of likely N-dealkylation sites (tertiary alicyclic amines) is 1. The van der Waals surface area contributed by atoms with Gasteiger partial charge < -0.3 is 14.4 Å². The molecule has 0 spiro atoms. The zero-order chi connectivity index (χ0) is 11.3. The molecule has 1 saturated heterocycles. The Morgan fingerprint density at radius 3 is 3.07 bits per heavy atom. The smallest absolute Gasteiger partial charge is 0.225 e. The molecule has 4 nitrogen and oxygen atoms in total. The van der Waals surface area contributed by atoms with Gasteiger partial charge in [0, 0.05) is 19.7 Å². The third kappa shape index (κ3) is 3.64. The number of nitrogens with zero attached hydrogens (tertiary/aromatic N) is 1. The van der Waals surface area contributed by atoms with Crippen LogP contribution < -0.4 is 0 Å². The van der Waals surface area contributed by atoms with Crippen LogP contribution in [0.15, 0.2) is 12.7 Å². The van der Waals surface area contributed by atoms with Gasteiger partial charge in [-0.2, -0.15) is 0 Å². The van der Waals surface area contributed by atoms with E-state index in [2.05, 4.69) is 6.58 Å². The largest absolute Gasteiger partial charge is 0.353 e. The SMILES string of the molecule is C=CCN1C[C@@H](OC(C)OCC)CC1=O. The standard InChI is InChI=1S/C11H19NO3/c1-4-6-12-8-10(7-11(12)13)15-9(3)14-5-2/h4,9-10H,1,5-8H2,2-3H3/t9?,10-/m0/s1. The van der Waals surface area contributed by atoms with Crippen LogP contribution in [0.1, 0.15) is 20.3 Å². The van der Waals surface area contributed by atoms with Gasteiger partial charge in [-0.05, 0) is 13.8 Å². The number of ether oxygens (including phenoxy) is 2. The monoisotopic (exact) mass is 213 g/mol. The van der Waals surface area contributed by atoms with Crippen molar-refractivity contribution in [3.63, 3.8) is 0 Å². The van der Waals surface area contributed by atoms with Crippen LogP contribution >= 0.6 is 0 Å². The highest BCUT2D eigenvalue weighted by molar-refractivity contribution is 5.79. The second kappa shape index (κ2) is 5.88. The highest BCUT2D eigenvalue weighted by atomic mass is 16.7. The van der Waals surface area contributed by atoms with E-state index in [0.717, 1.165) is 0 Å². The van der Waals surface area contributed by atoms with Crippen molar-refractivity contribution in [2.24, 2.45) is 0 Å². The summed E-state index contributed by atoms with van der Waals surface area (Å²) < 4.78 is 10.8. The number of hydrogen-bond acceptors (Lipinski definition) is 3. The van der Waals surface area contributed by atoms with Crippen molar-refractivity contribution < 1.29 is 14.3 Å². The molecule has 0 aliphatic carbocycles. The molecule has 15 heavy (non-hydrogen) atoms. The molecular weight excluding hydrogens is 194 g/mol. The first-order valence-corrected chi connectivity index (χ1v) is 5.33. The fraction of sp³-hybridized carbons (Fsp3) is 0.727. The summed E-state index contributed by atoms with van der Waals surface area (Å²) in [6.07, 6.45) is 1.90. The predicted octanol–water partition coefficient (Wildman–Crippen LogP) is 1.17. The van der Waals surface area contributed by atoms with E-state index in [0.29, 0.717) is 26.1 Å². The first-order valence-electron chi connectivity index (χ1n) is 5.33. The zero-order valence-corrected chi connectivity index (χ0v) is 9.44. The molecule has 0 aromatic rings. The number of amides is 1. The molecule has 4 heteroatoms.